The van der Waals surface area contributed by atoms with Gasteiger partial charge in [-0.15, -0.1) is 11.3 Å². The van der Waals surface area contributed by atoms with E-state index in [1.807, 2.05) is 34.2 Å². The van der Waals surface area contributed by atoms with E-state index in [1.165, 1.54) is 11.3 Å². The molecule has 1 amide bonds. The van der Waals surface area contributed by atoms with Crippen molar-refractivity contribution < 1.29 is 9.53 Å². The topological polar surface area (TPSA) is 60.2 Å². The third-order valence-electron chi connectivity index (χ3n) is 4.29. The quantitative estimate of drug-likeness (QED) is 0.471. The second kappa shape index (κ2) is 8.00. The van der Waals surface area contributed by atoms with Gasteiger partial charge >= 0.3 is 0 Å². The van der Waals surface area contributed by atoms with Gasteiger partial charge in [0.2, 0.25) is 5.91 Å². The number of fused-ring (bicyclic) bond motifs is 1. The molecule has 0 aliphatic carbocycles. The predicted octanol–water partition coefficient (Wildman–Crippen LogP) is 4.39. The lowest BCUT2D eigenvalue weighted by atomic mass is 10.3. The van der Waals surface area contributed by atoms with Crippen molar-refractivity contribution in [1.82, 2.24) is 14.5 Å². The summed E-state index contributed by atoms with van der Waals surface area (Å²) in [5, 5.41) is 3.15. The van der Waals surface area contributed by atoms with Crippen molar-refractivity contribution in [1.29, 1.82) is 0 Å². The largest absolute Gasteiger partial charge is 0.486 e. The van der Waals surface area contributed by atoms with Crippen LogP contribution in [0.1, 0.15) is 5.82 Å². The molecule has 0 aliphatic heterocycles. The molecular weight excluding hydrogens is 396 g/mol. The number of rotatable bonds is 6. The van der Waals surface area contributed by atoms with E-state index < -0.39 is 0 Å². The van der Waals surface area contributed by atoms with Gasteiger partial charge in [0.1, 0.15) is 24.7 Å². The summed E-state index contributed by atoms with van der Waals surface area (Å²) in [7, 11) is 1.73. The van der Waals surface area contributed by atoms with Crippen molar-refractivity contribution in [3.8, 4) is 5.75 Å². The smallest absolute Gasteiger partial charge is 0.248 e. The minimum Gasteiger partial charge on any atom is -0.486 e. The number of aromatic nitrogens is 3. The molecule has 0 fully saturated rings. The summed E-state index contributed by atoms with van der Waals surface area (Å²) in [6, 6.07) is 14.9. The van der Waals surface area contributed by atoms with Crippen molar-refractivity contribution in [2.45, 2.75) is 13.2 Å². The minimum atomic E-state index is -0.0779. The lowest BCUT2D eigenvalue weighted by Gasteiger charge is -2.16. The van der Waals surface area contributed by atoms with Crippen LogP contribution in [0.5, 0.6) is 5.75 Å². The molecule has 0 saturated heterocycles. The first-order valence-electron chi connectivity index (χ1n) is 8.60. The fourth-order valence-electron chi connectivity index (χ4n) is 2.82. The Bertz CT molecular complexity index is 1090. The van der Waals surface area contributed by atoms with E-state index in [-0.39, 0.29) is 19.1 Å². The third kappa shape index (κ3) is 3.85. The van der Waals surface area contributed by atoms with Crippen molar-refractivity contribution in [2.24, 2.45) is 0 Å². The number of thiazole rings is 1. The van der Waals surface area contributed by atoms with Crippen LogP contribution in [0, 0.1) is 0 Å². The normalized spacial score (nSPS) is 10.9. The van der Waals surface area contributed by atoms with Gasteiger partial charge in [0.15, 0.2) is 5.13 Å². The molecule has 2 aromatic carbocycles. The van der Waals surface area contributed by atoms with Gasteiger partial charge in [-0.2, -0.15) is 0 Å². The zero-order valence-corrected chi connectivity index (χ0v) is 16.7. The first kappa shape index (κ1) is 18.5. The maximum atomic E-state index is 12.8. The number of anilines is 1. The van der Waals surface area contributed by atoms with Crippen molar-refractivity contribution in [3.05, 3.63) is 71.0 Å². The molecule has 0 spiro atoms. The Hall–Kier alpha value is -2.90. The standard InChI is InChI=1S/C20H17ClN4O2S/c1-24(20-22-10-11-28-20)19(26)12-25-17-5-3-2-4-16(17)23-18(25)13-27-15-8-6-14(21)7-9-15/h2-11H,12-13H2,1H3. The maximum absolute atomic E-state index is 12.8. The first-order valence-corrected chi connectivity index (χ1v) is 9.86. The lowest BCUT2D eigenvalue weighted by Crippen LogP contribution is -2.30. The molecule has 0 atom stereocenters. The summed E-state index contributed by atoms with van der Waals surface area (Å²) in [6.07, 6.45) is 1.68. The van der Waals surface area contributed by atoms with Crippen LogP contribution in [0.3, 0.4) is 0 Å². The van der Waals surface area contributed by atoms with E-state index in [0.717, 1.165) is 11.0 Å². The molecule has 2 aromatic heterocycles. The van der Waals surface area contributed by atoms with Crippen LogP contribution in [0.4, 0.5) is 5.13 Å². The van der Waals surface area contributed by atoms with Gasteiger partial charge in [-0.3, -0.25) is 9.69 Å². The summed E-state index contributed by atoms with van der Waals surface area (Å²) in [5.74, 6) is 1.29. The van der Waals surface area contributed by atoms with Gasteiger partial charge in [-0.1, -0.05) is 23.7 Å². The van der Waals surface area contributed by atoms with E-state index in [1.54, 1.807) is 42.4 Å². The molecule has 0 bridgehead atoms. The molecule has 0 aliphatic rings. The molecule has 8 heteroatoms. The van der Waals surface area contributed by atoms with Crippen LogP contribution < -0.4 is 9.64 Å². The molecule has 0 N–H and O–H groups in total. The number of amides is 1. The van der Waals surface area contributed by atoms with Crippen LogP contribution >= 0.6 is 22.9 Å². The molecule has 28 heavy (non-hydrogen) atoms. The van der Waals surface area contributed by atoms with Gasteiger partial charge in [-0.05, 0) is 36.4 Å². The van der Waals surface area contributed by atoms with Crippen molar-refractivity contribution in [3.63, 3.8) is 0 Å². The van der Waals surface area contributed by atoms with Gasteiger partial charge in [-0.25, -0.2) is 9.97 Å². The molecule has 0 saturated carbocycles. The van der Waals surface area contributed by atoms with Crippen LogP contribution in [-0.2, 0) is 17.9 Å². The van der Waals surface area contributed by atoms with Crippen LogP contribution in [-0.4, -0.2) is 27.5 Å². The zero-order valence-electron chi connectivity index (χ0n) is 15.1. The van der Waals surface area contributed by atoms with Crippen LogP contribution in [0.2, 0.25) is 5.02 Å². The zero-order chi connectivity index (χ0) is 19.5. The number of benzene rings is 2. The van der Waals surface area contributed by atoms with Gasteiger partial charge in [0, 0.05) is 23.6 Å². The monoisotopic (exact) mass is 412 g/mol. The highest BCUT2D eigenvalue weighted by molar-refractivity contribution is 7.13. The lowest BCUT2D eigenvalue weighted by molar-refractivity contribution is -0.118. The van der Waals surface area contributed by atoms with Crippen molar-refractivity contribution >= 4 is 45.0 Å². The number of hydrogen-bond acceptors (Lipinski definition) is 5. The number of carbonyl (C=O) groups excluding carboxylic acids is 1. The maximum Gasteiger partial charge on any atom is 0.248 e. The predicted molar refractivity (Wildman–Crippen MR) is 111 cm³/mol. The minimum absolute atomic E-state index is 0.0779. The number of ether oxygens (including phenoxy) is 1. The summed E-state index contributed by atoms with van der Waals surface area (Å²) >= 11 is 7.34. The highest BCUT2D eigenvalue weighted by atomic mass is 35.5. The van der Waals surface area contributed by atoms with Crippen LogP contribution in [0.25, 0.3) is 11.0 Å². The summed E-state index contributed by atoms with van der Waals surface area (Å²) in [4.78, 5) is 23.2. The number of likely N-dealkylation sites (N-methyl/N-ethyl adjacent to an activating group) is 1. The number of halogens is 1. The number of nitrogens with zero attached hydrogens (tertiary/aromatic N) is 4. The molecule has 0 radical (unpaired) electrons. The Morgan fingerprint density at radius 1 is 1.21 bits per heavy atom. The average Bonchev–Trinajstić information content (AvgIpc) is 3.36. The van der Waals surface area contributed by atoms with E-state index >= 15 is 0 Å². The SMILES string of the molecule is CN(C(=O)Cn1c(COc2ccc(Cl)cc2)nc2ccccc21)c1nccs1. The number of hydrogen-bond donors (Lipinski definition) is 0. The highest BCUT2D eigenvalue weighted by Gasteiger charge is 2.18. The first-order chi connectivity index (χ1) is 13.6. The number of para-hydroxylation sites is 2. The number of carbonyl (C=O) groups is 1. The van der Waals surface area contributed by atoms with Gasteiger partial charge in [0.25, 0.3) is 0 Å². The Balaban J connectivity index is 1.59. The Kier molecular flexibility index (Phi) is 5.27. The molecule has 4 rings (SSSR count). The summed E-state index contributed by atoms with van der Waals surface area (Å²) in [5.41, 5.74) is 1.71. The van der Waals surface area contributed by atoms with Gasteiger partial charge in [0.05, 0.1) is 11.0 Å². The summed E-state index contributed by atoms with van der Waals surface area (Å²) < 4.78 is 7.74. The van der Waals surface area contributed by atoms with Crippen molar-refractivity contribution in [2.75, 3.05) is 11.9 Å². The molecule has 0 unspecified atom stereocenters. The van der Waals surface area contributed by atoms with E-state index in [9.17, 15) is 4.79 Å². The second-order valence-electron chi connectivity index (χ2n) is 6.11. The molecule has 4 aromatic rings. The van der Waals surface area contributed by atoms with Crippen LogP contribution in [0.15, 0.2) is 60.1 Å². The Morgan fingerprint density at radius 3 is 2.75 bits per heavy atom. The van der Waals surface area contributed by atoms with E-state index in [0.29, 0.717) is 21.7 Å². The fourth-order valence-corrected chi connectivity index (χ4v) is 3.57. The molecular formula is C20H17ClN4O2S. The molecule has 142 valence electrons. The van der Waals surface area contributed by atoms with E-state index in [2.05, 4.69) is 9.97 Å². The molecule has 6 nitrogen and oxygen atoms in total. The summed E-state index contributed by atoms with van der Waals surface area (Å²) in [6.45, 7) is 0.389. The average molecular weight is 413 g/mol. The second-order valence-corrected chi connectivity index (χ2v) is 7.42. The fraction of sp³-hybridized carbons (Fsp3) is 0.150. The number of imidazole rings is 1. The Labute approximate surface area is 171 Å². The van der Waals surface area contributed by atoms with E-state index in [4.69, 9.17) is 16.3 Å². The van der Waals surface area contributed by atoms with Gasteiger partial charge < -0.3 is 9.30 Å². The molecule has 2 heterocycles. The third-order valence-corrected chi connectivity index (χ3v) is 5.39. The highest BCUT2D eigenvalue weighted by Crippen LogP contribution is 2.21. The Morgan fingerprint density at radius 2 is 2.00 bits per heavy atom.